The van der Waals surface area contributed by atoms with Gasteiger partial charge in [-0.1, -0.05) is 12.1 Å². The standard InChI is InChI=1S/C14H11F3O/c1-8-4-10(6-11(15)5-8)14(18)9-2-3-12(16)13(17)7-9/h2-7,14,18H,1H3. The van der Waals surface area contributed by atoms with Gasteiger partial charge in [0.1, 0.15) is 11.9 Å². The summed E-state index contributed by atoms with van der Waals surface area (Å²) >= 11 is 0. The second-order valence-electron chi connectivity index (χ2n) is 4.14. The minimum atomic E-state index is -1.19. The van der Waals surface area contributed by atoms with Crippen LogP contribution in [0, 0.1) is 24.4 Å². The molecule has 1 nitrogen and oxygen atoms in total. The predicted molar refractivity (Wildman–Crippen MR) is 61.6 cm³/mol. The van der Waals surface area contributed by atoms with E-state index in [4.69, 9.17) is 0 Å². The maximum absolute atomic E-state index is 13.2. The van der Waals surface area contributed by atoms with E-state index in [2.05, 4.69) is 0 Å². The normalized spacial score (nSPS) is 12.5. The van der Waals surface area contributed by atoms with E-state index in [1.807, 2.05) is 0 Å². The molecule has 4 heteroatoms. The van der Waals surface area contributed by atoms with E-state index >= 15 is 0 Å². The van der Waals surface area contributed by atoms with Gasteiger partial charge in [0.2, 0.25) is 0 Å². The van der Waals surface area contributed by atoms with Crippen LogP contribution in [0.3, 0.4) is 0 Å². The number of halogens is 3. The van der Waals surface area contributed by atoms with Crippen molar-refractivity contribution in [1.82, 2.24) is 0 Å². The van der Waals surface area contributed by atoms with Crippen LogP contribution in [-0.4, -0.2) is 5.11 Å². The van der Waals surface area contributed by atoms with Crippen LogP contribution in [0.15, 0.2) is 36.4 Å². The van der Waals surface area contributed by atoms with Crippen LogP contribution in [-0.2, 0) is 0 Å². The molecule has 0 aliphatic rings. The van der Waals surface area contributed by atoms with E-state index < -0.39 is 23.6 Å². The lowest BCUT2D eigenvalue weighted by atomic mass is 10.00. The Morgan fingerprint density at radius 1 is 0.889 bits per heavy atom. The molecular weight excluding hydrogens is 241 g/mol. The predicted octanol–water partition coefficient (Wildman–Crippen LogP) is 3.49. The first-order valence-corrected chi connectivity index (χ1v) is 5.37. The Balaban J connectivity index is 2.40. The molecule has 0 amide bonds. The molecule has 2 aromatic rings. The van der Waals surface area contributed by atoms with Crippen molar-refractivity contribution in [2.24, 2.45) is 0 Å². The number of aryl methyl sites for hydroxylation is 1. The van der Waals surface area contributed by atoms with Crippen LogP contribution >= 0.6 is 0 Å². The third kappa shape index (κ3) is 2.54. The van der Waals surface area contributed by atoms with E-state index in [1.54, 1.807) is 13.0 Å². The molecule has 0 fully saturated rings. The van der Waals surface area contributed by atoms with Gasteiger partial charge in [-0.25, -0.2) is 13.2 Å². The van der Waals surface area contributed by atoms with Gasteiger partial charge in [-0.05, 0) is 47.9 Å². The molecule has 94 valence electrons. The fraction of sp³-hybridized carbons (Fsp3) is 0.143. The van der Waals surface area contributed by atoms with Crippen LogP contribution in [0.2, 0.25) is 0 Å². The van der Waals surface area contributed by atoms with Crippen LogP contribution < -0.4 is 0 Å². The zero-order valence-corrected chi connectivity index (χ0v) is 9.62. The molecule has 1 unspecified atom stereocenters. The molecule has 2 rings (SSSR count). The SMILES string of the molecule is Cc1cc(F)cc(C(O)c2ccc(F)c(F)c2)c1. The highest BCUT2D eigenvalue weighted by molar-refractivity contribution is 5.33. The lowest BCUT2D eigenvalue weighted by Gasteiger charge is -2.12. The Labute approximate surface area is 103 Å². The topological polar surface area (TPSA) is 20.2 Å². The van der Waals surface area contributed by atoms with Crippen molar-refractivity contribution in [2.45, 2.75) is 13.0 Å². The average molecular weight is 252 g/mol. The van der Waals surface area contributed by atoms with Gasteiger partial charge < -0.3 is 5.11 Å². The number of benzene rings is 2. The molecule has 18 heavy (non-hydrogen) atoms. The minimum Gasteiger partial charge on any atom is -0.384 e. The van der Waals surface area contributed by atoms with E-state index in [0.717, 1.165) is 12.1 Å². The summed E-state index contributed by atoms with van der Waals surface area (Å²) < 4.78 is 39.0. The van der Waals surface area contributed by atoms with Crippen molar-refractivity contribution in [2.75, 3.05) is 0 Å². The average Bonchev–Trinajstić information content (AvgIpc) is 2.30. The quantitative estimate of drug-likeness (QED) is 0.867. The smallest absolute Gasteiger partial charge is 0.159 e. The third-order valence-corrected chi connectivity index (χ3v) is 2.64. The maximum atomic E-state index is 13.2. The number of rotatable bonds is 2. The Kier molecular flexibility index (Phi) is 3.39. The summed E-state index contributed by atoms with van der Waals surface area (Å²) in [5, 5.41) is 10.0. The lowest BCUT2D eigenvalue weighted by Crippen LogP contribution is -2.02. The first-order valence-electron chi connectivity index (χ1n) is 5.37. The summed E-state index contributed by atoms with van der Waals surface area (Å²) in [7, 11) is 0. The molecule has 0 aromatic heterocycles. The van der Waals surface area contributed by atoms with E-state index in [-0.39, 0.29) is 5.56 Å². The van der Waals surface area contributed by atoms with Gasteiger partial charge in [0.05, 0.1) is 0 Å². The molecule has 1 N–H and O–H groups in total. The first kappa shape index (κ1) is 12.6. The van der Waals surface area contributed by atoms with Crippen molar-refractivity contribution in [3.8, 4) is 0 Å². The van der Waals surface area contributed by atoms with Crippen molar-refractivity contribution in [1.29, 1.82) is 0 Å². The second-order valence-corrected chi connectivity index (χ2v) is 4.14. The van der Waals surface area contributed by atoms with Gasteiger partial charge in [-0.15, -0.1) is 0 Å². The molecule has 2 aromatic carbocycles. The Morgan fingerprint density at radius 3 is 2.22 bits per heavy atom. The molecule has 0 saturated carbocycles. The molecule has 0 aliphatic carbocycles. The second kappa shape index (κ2) is 4.82. The van der Waals surface area contributed by atoms with Crippen molar-refractivity contribution < 1.29 is 18.3 Å². The highest BCUT2D eigenvalue weighted by Crippen LogP contribution is 2.24. The van der Waals surface area contributed by atoms with Crippen LogP contribution in [0.5, 0.6) is 0 Å². The number of aliphatic hydroxyl groups excluding tert-OH is 1. The van der Waals surface area contributed by atoms with Gasteiger partial charge >= 0.3 is 0 Å². The maximum Gasteiger partial charge on any atom is 0.159 e. The minimum absolute atomic E-state index is 0.180. The van der Waals surface area contributed by atoms with Gasteiger partial charge in [0.25, 0.3) is 0 Å². The Morgan fingerprint density at radius 2 is 1.61 bits per heavy atom. The summed E-state index contributed by atoms with van der Waals surface area (Å²) in [6, 6.07) is 7.18. The molecule has 0 radical (unpaired) electrons. The molecule has 1 atom stereocenters. The number of hydrogen-bond donors (Lipinski definition) is 1. The van der Waals surface area contributed by atoms with E-state index in [0.29, 0.717) is 11.1 Å². The third-order valence-electron chi connectivity index (χ3n) is 2.64. The molecule has 0 heterocycles. The lowest BCUT2D eigenvalue weighted by molar-refractivity contribution is 0.219. The fourth-order valence-corrected chi connectivity index (χ4v) is 1.80. The largest absolute Gasteiger partial charge is 0.384 e. The van der Waals surface area contributed by atoms with Gasteiger partial charge in [0.15, 0.2) is 11.6 Å². The molecular formula is C14H11F3O. The summed E-state index contributed by atoms with van der Waals surface area (Å²) in [4.78, 5) is 0. The highest BCUT2D eigenvalue weighted by atomic mass is 19.2. The summed E-state index contributed by atoms with van der Waals surface area (Å²) in [6.07, 6.45) is -1.19. The summed E-state index contributed by atoms with van der Waals surface area (Å²) in [6.45, 7) is 1.69. The Bertz CT molecular complexity index is 561. The molecule has 0 bridgehead atoms. The Hall–Kier alpha value is -1.81. The van der Waals surface area contributed by atoms with Gasteiger partial charge in [-0.3, -0.25) is 0 Å². The van der Waals surface area contributed by atoms with Crippen molar-refractivity contribution in [3.63, 3.8) is 0 Å². The van der Waals surface area contributed by atoms with Crippen molar-refractivity contribution in [3.05, 3.63) is 70.5 Å². The zero-order chi connectivity index (χ0) is 13.3. The number of hydrogen-bond acceptors (Lipinski definition) is 1. The van der Waals surface area contributed by atoms with Crippen molar-refractivity contribution >= 4 is 0 Å². The van der Waals surface area contributed by atoms with E-state index in [9.17, 15) is 18.3 Å². The van der Waals surface area contributed by atoms with E-state index in [1.165, 1.54) is 18.2 Å². The first-order chi connectivity index (χ1) is 8.47. The number of aliphatic hydroxyl groups is 1. The monoisotopic (exact) mass is 252 g/mol. The molecule has 0 saturated heterocycles. The molecule has 0 aliphatic heterocycles. The molecule has 0 spiro atoms. The van der Waals surface area contributed by atoms with Gasteiger partial charge in [0, 0.05) is 0 Å². The van der Waals surface area contributed by atoms with Crippen LogP contribution in [0.1, 0.15) is 22.8 Å². The fourth-order valence-electron chi connectivity index (χ4n) is 1.80. The van der Waals surface area contributed by atoms with Gasteiger partial charge in [-0.2, -0.15) is 0 Å². The summed E-state index contributed by atoms with van der Waals surface area (Å²) in [5.74, 6) is -2.51. The highest BCUT2D eigenvalue weighted by Gasteiger charge is 2.14. The van der Waals surface area contributed by atoms with Crippen LogP contribution in [0.25, 0.3) is 0 Å². The zero-order valence-electron chi connectivity index (χ0n) is 9.62. The van der Waals surface area contributed by atoms with Crippen LogP contribution in [0.4, 0.5) is 13.2 Å². The summed E-state index contributed by atoms with van der Waals surface area (Å²) in [5.41, 5.74) is 1.13.